The van der Waals surface area contributed by atoms with Gasteiger partial charge in [0.15, 0.2) is 0 Å². The summed E-state index contributed by atoms with van der Waals surface area (Å²) in [5.74, 6) is 0.203. The molecule has 1 aliphatic heterocycles. The van der Waals surface area contributed by atoms with Crippen LogP contribution in [0.25, 0.3) is 6.08 Å². The highest BCUT2D eigenvalue weighted by Gasteiger charge is 2.29. The Balaban J connectivity index is 1.54. The van der Waals surface area contributed by atoms with Crippen molar-refractivity contribution >= 4 is 23.6 Å². The molecule has 2 fully saturated rings. The van der Waals surface area contributed by atoms with E-state index in [1.165, 1.54) is 24.6 Å². The van der Waals surface area contributed by atoms with E-state index in [1.54, 1.807) is 23.1 Å². The summed E-state index contributed by atoms with van der Waals surface area (Å²) in [5.41, 5.74) is 0.381. The van der Waals surface area contributed by atoms with Crippen molar-refractivity contribution in [2.75, 3.05) is 26.2 Å². The van der Waals surface area contributed by atoms with Crippen molar-refractivity contribution in [2.45, 2.75) is 32.1 Å². The summed E-state index contributed by atoms with van der Waals surface area (Å²) in [5, 5.41) is 11.0. The standard InChI is InChI=1S/C20H25N3O4/c24-19(11-10-16-6-4-5-9-18(16)23(26)27)21-12-14-22(15-13-21)20(25)17-7-2-1-3-8-17/h4-6,9-11,17H,1-3,7-8,12-15H2/b11-10+. The second kappa shape index (κ2) is 8.79. The molecule has 1 aromatic carbocycles. The lowest BCUT2D eigenvalue weighted by molar-refractivity contribution is -0.385. The second-order valence-corrected chi connectivity index (χ2v) is 7.13. The van der Waals surface area contributed by atoms with Crippen LogP contribution in [-0.4, -0.2) is 52.7 Å². The van der Waals surface area contributed by atoms with Crippen molar-refractivity contribution in [3.8, 4) is 0 Å². The number of hydrogen-bond acceptors (Lipinski definition) is 4. The third-order valence-electron chi connectivity index (χ3n) is 5.40. The number of nitrogens with zero attached hydrogens (tertiary/aromatic N) is 3. The Morgan fingerprint density at radius 2 is 1.63 bits per heavy atom. The average Bonchev–Trinajstić information content (AvgIpc) is 2.72. The second-order valence-electron chi connectivity index (χ2n) is 7.13. The predicted octanol–water partition coefficient (Wildman–Crippen LogP) is 2.86. The van der Waals surface area contributed by atoms with Crippen LogP contribution in [0.4, 0.5) is 5.69 Å². The Bertz CT molecular complexity index is 732. The van der Waals surface area contributed by atoms with Crippen LogP contribution in [0, 0.1) is 16.0 Å². The van der Waals surface area contributed by atoms with Gasteiger partial charge in [-0.3, -0.25) is 19.7 Å². The smallest absolute Gasteiger partial charge is 0.276 e. The minimum atomic E-state index is -0.459. The van der Waals surface area contributed by atoms with E-state index in [1.807, 2.05) is 4.90 Å². The number of para-hydroxylation sites is 1. The van der Waals surface area contributed by atoms with Crippen LogP contribution in [0.2, 0.25) is 0 Å². The molecule has 1 saturated carbocycles. The van der Waals surface area contributed by atoms with Crippen molar-refractivity contribution in [1.82, 2.24) is 9.80 Å². The maximum absolute atomic E-state index is 12.6. The number of amides is 2. The van der Waals surface area contributed by atoms with Gasteiger partial charge in [0.1, 0.15) is 0 Å². The van der Waals surface area contributed by atoms with Crippen molar-refractivity contribution in [3.05, 3.63) is 46.0 Å². The first-order valence-electron chi connectivity index (χ1n) is 9.55. The number of piperazine rings is 1. The molecule has 2 aliphatic rings. The maximum Gasteiger partial charge on any atom is 0.276 e. The predicted molar refractivity (Wildman–Crippen MR) is 102 cm³/mol. The van der Waals surface area contributed by atoms with Gasteiger partial charge in [0.05, 0.1) is 10.5 Å². The third kappa shape index (κ3) is 4.72. The van der Waals surface area contributed by atoms with Crippen LogP contribution in [-0.2, 0) is 9.59 Å². The number of nitro groups is 1. The minimum absolute atomic E-state index is 0.0237. The molecule has 0 N–H and O–H groups in total. The van der Waals surface area contributed by atoms with Crippen LogP contribution in [0.5, 0.6) is 0 Å². The fraction of sp³-hybridized carbons (Fsp3) is 0.500. The van der Waals surface area contributed by atoms with Gasteiger partial charge in [-0.15, -0.1) is 0 Å². The van der Waals surface area contributed by atoms with Crippen molar-refractivity contribution < 1.29 is 14.5 Å². The zero-order chi connectivity index (χ0) is 19.2. The molecule has 1 aromatic rings. The summed E-state index contributed by atoms with van der Waals surface area (Å²) in [6.45, 7) is 2.11. The molecule has 0 bridgehead atoms. The molecule has 1 saturated heterocycles. The van der Waals surface area contributed by atoms with E-state index >= 15 is 0 Å². The molecule has 0 spiro atoms. The molecule has 0 aromatic heterocycles. The SMILES string of the molecule is O=C(/C=C/c1ccccc1[N+](=O)[O-])N1CCN(C(=O)C2CCCCC2)CC1. The van der Waals surface area contributed by atoms with Gasteiger partial charge >= 0.3 is 0 Å². The van der Waals surface area contributed by atoms with E-state index in [9.17, 15) is 19.7 Å². The lowest BCUT2D eigenvalue weighted by Gasteiger charge is -2.36. The Labute approximate surface area is 158 Å². The quantitative estimate of drug-likeness (QED) is 0.463. The molecule has 2 amide bonds. The molecule has 144 valence electrons. The van der Waals surface area contributed by atoms with Crippen molar-refractivity contribution in [3.63, 3.8) is 0 Å². The fourth-order valence-electron chi connectivity index (χ4n) is 3.82. The zero-order valence-electron chi connectivity index (χ0n) is 15.4. The molecule has 0 atom stereocenters. The van der Waals surface area contributed by atoms with Gasteiger partial charge in [0.25, 0.3) is 5.69 Å². The van der Waals surface area contributed by atoms with Gasteiger partial charge in [0, 0.05) is 44.2 Å². The topological polar surface area (TPSA) is 83.8 Å². The molecular formula is C20H25N3O4. The van der Waals surface area contributed by atoms with E-state index in [0.29, 0.717) is 31.7 Å². The van der Waals surface area contributed by atoms with Gasteiger partial charge in [-0.2, -0.15) is 0 Å². The van der Waals surface area contributed by atoms with Crippen molar-refractivity contribution in [1.29, 1.82) is 0 Å². The van der Waals surface area contributed by atoms with Crippen LogP contribution < -0.4 is 0 Å². The average molecular weight is 371 g/mol. The van der Waals surface area contributed by atoms with Gasteiger partial charge < -0.3 is 9.80 Å². The summed E-state index contributed by atoms with van der Waals surface area (Å²) in [6.07, 6.45) is 8.31. The number of carbonyl (C=O) groups excluding carboxylic acids is 2. The molecule has 1 heterocycles. The third-order valence-corrected chi connectivity index (χ3v) is 5.40. The van der Waals surface area contributed by atoms with E-state index in [4.69, 9.17) is 0 Å². The number of hydrogen-bond donors (Lipinski definition) is 0. The van der Waals surface area contributed by atoms with Crippen LogP contribution in [0.15, 0.2) is 30.3 Å². The Hall–Kier alpha value is -2.70. The first-order valence-corrected chi connectivity index (χ1v) is 9.55. The monoisotopic (exact) mass is 371 g/mol. The minimum Gasteiger partial charge on any atom is -0.339 e. The van der Waals surface area contributed by atoms with E-state index in [0.717, 1.165) is 25.7 Å². The molecule has 3 rings (SSSR count). The fourth-order valence-corrected chi connectivity index (χ4v) is 3.82. The molecule has 27 heavy (non-hydrogen) atoms. The Morgan fingerprint density at radius 3 is 2.30 bits per heavy atom. The Kier molecular flexibility index (Phi) is 6.21. The van der Waals surface area contributed by atoms with Crippen LogP contribution in [0.3, 0.4) is 0 Å². The first kappa shape index (κ1) is 19.1. The normalized spacial score (nSPS) is 18.7. The molecule has 0 radical (unpaired) electrons. The lowest BCUT2D eigenvalue weighted by atomic mass is 9.88. The van der Waals surface area contributed by atoms with E-state index in [2.05, 4.69) is 0 Å². The highest BCUT2D eigenvalue weighted by molar-refractivity contribution is 5.92. The van der Waals surface area contributed by atoms with E-state index in [-0.39, 0.29) is 23.4 Å². The Morgan fingerprint density at radius 1 is 1.00 bits per heavy atom. The molecular weight excluding hydrogens is 346 g/mol. The lowest BCUT2D eigenvalue weighted by Crippen LogP contribution is -2.51. The molecule has 1 aliphatic carbocycles. The highest BCUT2D eigenvalue weighted by Crippen LogP contribution is 2.26. The zero-order valence-corrected chi connectivity index (χ0v) is 15.4. The number of carbonyl (C=O) groups is 2. The molecule has 7 heteroatoms. The molecule has 0 unspecified atom stereocenters. The van der Waals surface area contributed by atoms with Crippen molar-refractivity contribution in [2.24, 2.45) is 5.92 Å². The highest BCUT2D eigenvalue weighted by atomic mass is 16.6. The van der Waals surface area contributed by atoms with Gasteiger partial charge in [-0.1, -0.05) is 31.4 Å². The number of rotatable bonds is 4. The van der Waals surface area contributed by atoms with Gasteiger partial charge in [-0.05, 0) is 25.0 Å². The molecule has 7 nitrogen and oxygen atoms in total. The summed E-state index contributed by atoms with van der Waals surface area (Å²) < 4.78 is 0. The summed E-state index contributed by atoms with van der Waals surface area (Å²) in [4.78, 5) is 39.1. The number of benzene rings is 1. The largest absolute Gasteiger partial charge is 0.339 e. The number of nitro benzene ring substituents is 1. The van der Waals surface area contributed by atoms with Crippen LogP contribution in [0.1, 0.15) is 37.7 Å². The van der Waals surface area contributed by atoms with Crippen LogP contribution >= 0.6 is 0 Å². The van der Waals surface area contributed by atoms with Gasteiger partial charge in [0.2, 0.25) is 11.8 Å². The summed E-state index contributed by atoms with van der Waals surface area (Å²) in [6, 6.07) is 6.33. The maximum atomic E-state index is 12.6. The summed E-state index contributed by atoms with van der Waals surface area (Å²) in [7, 11) is 0. The van der Waals surface area contributed by atoms with E-state index < -0.39 is 4.92 Å². The summed E-state index contributed by atoms with van der Waals surface area (Å²) >= 11 is 0. The van der Waals surface area contributed by atoms with Gasteiger partial charge in [-0.25, -0.2) is 0 Å². The first-order chi connectivity index (χ1) is 13.1.